The third-order valence-electron chi connectivity index (χ3n) is 6.23. The second-order valence-corrected chi connectivity index (χ2v) is 10.1. The quantitative estimate of drug-likeness (QED) is 0.459. The van der Waals surface area contributed by atoms with Gasteiger partial charge in [-0.25, -0.2) is 17.2 Å². The van der Waals surface area contributed by atoms with Crippen molar-refractivity contribution in [2.24, 2.45) is 0 Å². The molecular formula is C26H28F2N2O5S. The minimum Gasteiger partial charge on any atom is -0.495 e. The van der Waals surface area contributed by atoms with Crippen LogP contribution in [0.3, 0.4) is 0 Å². The molecule has 0 amide bonds. The van der Waals surface area contributed by atoms with Crippen LogP contribution in [0, 0.1) is 11.6 Å². The van der Waals surface area contributed by atoms with Crippen molar-refractivity contribution in [2.75, 3.05) is 38.7 Å². The van der Waals surface area contributed by atoms with E-state index in [4.69, 9.17) is 14.2 Å². The van der Waals surface area contributed by atoms with E-state index < -0.39 is 27.7 Å². The van der Waals surface area contributed by atoms with E-state index in [1.165, 1.54) is 62.0 Å². The van der Waals surface area contributed by atoms with E-state index in [1.807, 2.05) is 0 Å². The third-order valence-corrected chi connectivity index (χ3v) is 8.08. The normalized spacial score (nSPS) is 15.5. The molecule has 0 spiro atoms. The van der Waals surface area contributed by atoms with Crippen LogP contribution in [0.5, 0.6) is 17.2 Å². The van der Waals surface area contributed by atoms with Crippen LogP contribution in [0.25, 0.3) is 0 Å². The van der Waals surface area contributed by atoms with Crippen LogP contribution < -0.4 is 23.8 Å². The maximum atomic E-state index is 14.6. The maximum absolute atomic E-state index is 14.6. The van der Waals surface area contributed by atoms with Crippen molar-refractivity contribution in [1.29, 1.82) is 0 Å². The van der Waals surface area contributed by atoms with Gasteiger partial charge in [-0.1, -0.05) is 18.2 Å². The second kappa shape index (κ2) is 10.7. The van der Waals surface area contributed by atoms with E-state index in [1.54, 1.807) is 18.2 Å². The van der Waals surface area contributed by atoms with Gasteiger partial charge in [-0.15, -0.1) is 0 Å². The molecule has 1 heterocycles. The molecule has 1 saturated heterocycles. The first-order valence-electron chi connectivity index (χ1n) is 11.4. The molecule has 192 valence electrons. The Morgan fingerprint density at radius 2 is 1.58 bits per heavy atom. The number of hydrogen-bond acceptors (Lipinski definition) is 6. The molecule has 0 aliphatic carbocycles. The van der Waals surface area contributed by atoms with Crippen LogP contribution in [-0.4, -0.2) is 48.9 Å². The number of methoxy groups -OCH3 is 3. The molecule has 0 radical (unpaired) electrons. The zero-order valence-electron chi connectivity index (χ0n) is 20.3. The Balaban J connectivity index is 1.92. The molecule has 1 atom stereocenters. The highest BCUT2D eigenvalue weighted by molar-refractivity contribution is 7.92. The highest BCUT2D eigenvalue weighted by Crippen LogP contribution is 2.41. The zero-order chi connectivity index (χ0) is 25.9. The fourth-order valence-corrected chi connectivity index (χ4v) is 6.19. The molecule has 0 unspecified atom stereocenters. The number of anilines is 1. The van der Waals surface area contributed by atoms with Crippen LogP contribution in [0.2, 0.25) is 0 Å². The lowest BCUT2D eigenvalue weighted by Crippen LogP contribution is -2.42. The minimum atomic E-state index is -4.17. The van der Waals surface area contributed by atoms with Crippen LogP contribution in [0.4, 0.5) is 14.5 Å². The minimum absolute atomic E-state index is 0.0130. The third kappa shape index (κ3) is 4.83. The predicted octanol–water partition coefficient (Wildman–Crippen LogP) is 4.14. The van der Waals surface area contributed by atoms with Gasteiger partial charge in [0.05, 0.1) is 38.0 Å². The highest BCUT2D eigenvalue weighted by Gasteiger charge is 2.37. The number of benzene rings is 3. The van der Waals surface area contributed by atoms with Crippen molar-refractivity contribution in [3.05, 3.63) is 77.4 Å². The van der Waals surface area contributed by atoms with Crippen LogP contribution >= 0.6 is 0 Å². The summed E-state index contributed by atoms with van der Waals surface area (Å²) in [6.45, 7) is 1.02. The summed E-state index contributed by atoms with van der Waals surface area (Å²) in [6, 6.07) is 12.5. The van der Waals surface area contributed by atoms with Crippen LogP contribution in [0.1, 0.15) is 17.5 Å². The van der Waals surface area contributed by atoms with E-state index in [9.17, 15) is 17.2 Å². The van der Waals surface area contributed by atoms with Gasteiger partial charge in [0.25, 0.3) is 10.0 Å². The number of ether oxygens (including phenoxy) is 3. The van der Waals surface area contributed by atoms with E-state index in [0.717, 1.165) is 0 Å². The molecule has 1 N–H and O–H groups in total. The average molecular weight is 519 g/mol. The molecule has 10 heteroatoms. The van der Waals surface area contributed by atoms with Gasteiger partial charge in [-0.05, 0) is 48.9 Å². The van der Waals surface area contributed by atoms with Gasteiger partial charge in [0.2, 0.25) is 0 Å². The van der Waals surface area contributed by atoms with Gasteiger partial charge in [-0.3, -0.25) is 4.31 Å². The van der Waals surface area contributed by atoms with Crippen molar-refractivity contribution >= 4 is 15.7 Å². The fourth-order valence-electron chi connectivity index (χ4n) is 4.45. The van der Waals surface area contributed by atoms with Gasteiger partial charge in [-0.2, -0.15) is 0 Å². The molecule has 3 aromatic rings. The Morgan fingerprint density at radius 1 is 0.917 bits per heavy atom. The van der Waals surface area contributed by atoms with Gasteiger partial charge in [0.1, 0.15) is 17.4 Å². The number of halogens is 2. The van der Waals surface area contributed by atoms with E-state index in [2.05, 4.69) is 5.32 Å². The van der Waals surface area contributed by atoms with Crippen molar-refractivity contribution < 1.29 is 31.4 Å². The molecular weight excluding hydrogens is 490 g/mol. The Labute approximate surface area is 209 Å². The van der Waals surface area contributed by atoms with Crippen LogP contribution in [0.15, 0.2) is 59.5 Å². The summed E-state index contributed by atoms with van der Waals surface area (Å²) in [4.78, 5) is -0.0130. The zero-order valence-corrected chi connectivity index (χ0v) is 21.1. The highest BCUT2D eigenvalue weighted by atomic mass is 32.2. The molecule has 4 rings (SSSR count). The first-order valence-corrected chi connectivity index (χ1v) is 12.8. The summed E-state index contributed by atoms with van der Waals surface area (Å²) >= 11 is 0. The summed E-state index contributed by atoms with van der Waals surface area (Å²) in [6.07, 6.45) is 0.376. The van der Waals surface area contributed by atoms with Crippen molar-refractivity contribution in [2.45, 2.75) is 23.8 Å². The molecule has 0 aromatic heterocycles. The lowest BCUT2D eigenvalue weighted by Gasteiger charge is -2.33. The monoisotopic (exact) mass is 518 g/mol. The summed E-state index contributed by atoms with van der Waals surface area (Å²) in [5.74, 6) is -0.489. The molecule has 1 aliphatic heterocycles. The smallest absolute Gasteiger partial charge is 0.264 e. The first-order chi connectivity index (χ1) is 17.3. The van der Waals surface area contributed by atoms with E-state index in [0.29, 0.717) is 30.8 Å². The number of nitrogens with zero attached hydrogens (tertiary/aromatic N) is 1. The molecule has 1 aliphatic rings. The van der Waals surface area contributed by atoms with Crippen LogP contribution in [-0.2, 0) is 16.4 Å². The molecule has 3 aromatic carbocycles. The van der Waals surface area contributed by atoms with E-state index >= 15 is 0 Å². The largest absolute Gasteiger partial charge is 0.495 e. The molecule has 1 fully saturated rings. The Hall–Kier alpha value is -3.37. The standard InChI is InChI=1S/C26H28F2N2O5S/c1-33-23-11-10-19(15-25(23)35-3)36(31,32)30(18-12-13-29-16-18)26-17(6-4-9-24(26)34-2)14-20-21(27)7-5-8-22(20)28/h4-11,15,18,29H,12-14,16H2,1-3H3/t18-/m0/s1. The summed E-state index contributed by atoms with van der Waals surface area (Å²) in [5.41, 5.74) is 0.500. The Morgan fingerprint density at radius 3 is 2.19 bits per heavy atom. The van der Waals surface area contributed by atoms with Gasteiger partial charge < -0.3 is 19.5 Å². The topological polar surface area (TPSA) is 77.1 Å². The molecule has 0 saturated carbocycles. The lowest BCUT2D eigenvalue weighted by atomic mass is 10.0. The number of hydrogen-bond donors (Lipinski definition) is 1. The van der Waals surface area contributed by atoms with Gasteiger partial charge >= 0.3 is 0 Å². The number of rotatable bonds is 9. The Kier molecular flexibility index (Phi) is 7.65. The second-order valence-electron chi connectivity index (χ2n) is 8.31. The SMILES string of the molecule is COc1ccc(S(=O)(=O)N(c2c(Cc3c(F)cccc3F)cccc2OC)[C@H]2CCNC2)cc1OC. The summed E-state index contributed by atoms with van der Waals surface area (Å²) in [7, 11) is 0.147. The average Bonchev–Trinajstić information content (AvgIpc) is 3.40. The number of sulfonamides is 1. The fraction of sp³-hybridized carbons (Fsp3) is 0.308. The van der Waals surface area contributed by atoms with Crippen molar-refractivity contribution in [1.82, 2.24) is 5.32 Å². The predicted molar refractivity (Wildman–Crippen MR) is 133 cm³/mol. The first kappa shape index (κ1) is 25.7. The molecule has 0 bridgehead atoms. The molecule has 7 nitrogen and oxygen atoms in total. The number of para-hydroxylation sites is 1. The molecule has 36 heavy (non-hydrogen) atoms. The summed E-state index contributed by atoms with van der Waals surface area (Å²) in [5, 5.41) is 3.20. The number of nitrogens with one attached hydrogen (secondary N) is 1. The van der Waals surface area contributed by atoms with Gasteiger partial charge in [0.15, 0.2) is 11.5 Å². The summed E-state index contributed by atoms with van der Waals surface area (Å²) < 4.78 is 75.0. The van der Waals surface area contributed by atoms with Gasteiger partial charge in [0, 0.05) is 24.6 Å². The lowest BCUT2D eigenvalue weighted by molar-refractivity contribution is 0.354. The van der Waals surface area contributed by atoms with E-state index in [-0.39, 0.29) is 34.1 Å². The van der Waals surface area contributed by atoms with Crippen molar-refractivity contribution in [3.63, 3.8) is 0 Å². The van der Waals surface area contributed by atoms with Crippen molar-refractivity contribution in [3.8, 4) is 17.2 Å². The Bertz CT molecular complexity index is 1320. The maximum Gasteiger partial charge on any atom is 0.264 e.